The summed E-state index contributed by atoms with van der Waals surface area (Å²) in [5, 5.41) is 9.26. The van der Waals surface area contributed by atoms with Gasteiger partial charge in [0.2, 0.25) is 0 Å². The van der Waals surface area contributed by atoms with Crippen LogP contribution in [0.25, 0.3) is 17.0 Å². The first-order valence-electron chi connectivity index (χ1n) is 12.6. The molecule has 5 nitrogen and oxygen atoms in total. The van der Waals surface area contributed by atoms with E-state index in [9.17, 15) is 0 Å². The molecule has 3 heterocycles. The zero-order chi connectivity index (χ0) is 25.4. The Hall–Kier alpha value is -3.21. The maximum absolute atomic E-state index is 5.29. The van der Waals surface area contributed by atoms with Gasteiger partial charge >= 0.3 is 0 Å². The van der Waals surface area contributed by atoms with E-state index < -0.39 is 0 Å². The Kier molecular flexibility index (Phi) is 5.31. The van der Waals surface area contributed by atoms with Crippen molar-refractivity contribution >= 4 is 22.8 Å². The maximum Gasteiger partial charge on any atom is 0.170 e. The summed E-state index contributed by atoms with van der Waals surface area (Å²) < 4.78 is 2.16. The van der Waals surface area contributed by atoms with Crippen LogP contribution in [0.2, 0.25) is 0 Å². The molecule has 1 unspecified atom stereocenters. The number of fused-ring (bicyclic) bond motifs is 2. The van der Waals surface area contributed by atoms with Gasteiger partial charge in [0.05, 0.1) is 5.69 Å². The Labute approximate surface area is 209 Å². The van der Waals surface area contributed by atoms with E-state index in [-0.39, 0.29) is 5.54 Å². The van der Waals surface area contributed by atoms with Gasteiger partial charge in [-0.15, -0.1) is 10.2 Å². The summed E-state index contributed by atoms with van der Waals surface area (Å²) in [5.74, 6) is 3.17. The Morgan fingerprint density at radius 2 is 1.49 bits per heavy atom. The second-order valence-electron chi connectivity index (χ2n) is 11.3. The first-order valence-corrected chi connectivity index (χ1v) is 12.6. The number of benzene rings is 2. The minimum absolute atomic E-state index is 0.143. The van der Waals surface area contributed by atoms with E-state index in [4.69, 9.17) is 4.99 Å². The molecule has 3 aromatic rings. The number of allylic oxidation sites excluding steroid dienone is 2. The highest BCUT2D eigenvalue weighted by molar-refractivity contribution is 6.12. The SMILES string of the molecule is CC1=C(C)c2nnc(-c3c(C)cc(C)cc3C)n2C1=Nc1cc2c(cc1C)N(C)C(C)(C)CC2C. The molecule has 2 aliphatic heterocycles. The van der Waals surface area contributed by atoms with E-state index in [0.29, 0.717) is 5.92 Å². The van der Waals surface area contributed by atoms with E-state index in [2.05, 4.69) is 113 Å². The molecule has 2 aromatic carbocycles. The quantitative estimate of drug-likeness (QED) is 0.398. The molecular formula is C30H37N5. The van der Waals surface area contributed by atoms with Gasteiger partial charge in [-0.2, -0.15) is 0 Å². The molecule has 0 saturated carbocycles. The van der Waals surface area contributed by atoms with Crippen molar-refractivity contribution in [2.75, 3.05) is 11.9 Å². The van der Waals surface area contributed by atoms with Gasteiger partial charge in [0.25, 0.3) is 0 Å². The van der Waals surface area contributed by atoms with Crippen LogP contribution in [0.15, 0.2) is 34.8 Å². The topological polar surface area (TPSA) is 46.3 Å². The Morgan fingerprint density at radius 1 is 0.857 bits per heavy atom. The molecule has 0 aliphatic carbocycles. The van der Waals surface area contributed by atoms with E-state index in [1.54, 1.807) is 0 Å². The summed E-state index contributed by atoms with van der Waals surface area (Å²) in [4.78, 5) is 7.72. The standard InChI is InChI=1S/C30H37N5/c1-16-11-18(3)26(19(4)12-16)29-33-32-28-22(7)21(6)27(35(28)29)31-24-14-23-20(5)15-30(8,9)34(10)25(23)13-17(24)2/h11-14,20H,15H2,1-10H3. The normalized spacial score (nSPS) is 20.0. The molecule has 0 spiro atoms. The zero-order valence-corrected chi connectivity index (χ0v) is 22.8. The number of hydrogen-bond donors (Lipinski definition) is 0. The summed E-state index contributed by atoms with van der Waals surface area (Å²) in [7, 11) is 2.21. The fraction of sp³-hybridized carbons (Fsp3) is 0.433. The minimum atomic E-state index is 0.143. The van der Waals surface area contributed by atoms with Crippen molar-refractivity contribution in [3.63, 3.8) is 0 Å². The molecule has 182 valence electrons. The van der Waals surface area contributed by atoms with Gasteiger partial charge in [0, 0.05) is 29.4 Å². The van der Waals surface area contributed by atoms with Crippen LogP contribution >= 0.6 is 0 Å². The van der Waals surface area contributed by atoms with E-state index in [1.807, 2.05) is 0 Å². The number of rotatable bonds is 2. The Bertz CT molecular complexity index is 1410. The molecule has 0 fully saturated rings. The van der Waals surface area contributed by atoms with Crippen LogP contribution in [-0.2, 0) is 0 Å². The number of hydrogen-bond acceptors (Lipinski definition) is 4. The summed E-state index contributed by atoms with van der Waals surface area (Å²) in [5.41, 5.74) is 12.2. The van der Waals surface area contributed by atoms with Gasteiger partial charge in [-0.25, -0.2) is 4.99 Å². The maximum atomic E-state index is 5.29. The van der Waals surface area contributed by atoms with Crippen molar-refractivity contribution in [2.24, 2.45) is 4.99 Å². The number of anilines is 1. The highest BCUT2D eigenvalue weighted by Gasteiger charge is 2.35. The van der Waals surface area contributed by atoms with E-state index in [0.717, 1.165) is 46.3 Å². The second kappa shape index (κ2) is 7.91. The molecule has 0 saturated heterocycles. The summed E-state index contributed by atoms with van der Waals surface area (Å²) >= 11 is 0. The molecule has 2 aliphatic rings. The lowest BCUT2D eigenvalue weighted by molar-refractivity contribution is 0.395. The van der Waals surface area contributed by atoms with Crippen LogP contribution in [0.1, 0.15) is 80.6 Å². The fourth-order valence-electron chi connectivity index (χ4n) is 6.00. The van der Waals surface area contributed by atoms with Gasteiger partial charge in [-0.1, -0.05) is 24.6 Å². The highest BCUT2D eigenvalue weighted by Crippen LogP contribution is 2.45. The smallest absolute Gasteiger partial charge is 0.170 e. The van der Waals surface area contributed by atoms with Crippen LogP contribution in [0.5, 0.6) is 0 Å². The molecule has 0 radical (unpaired) electrons. The Balaban J connectivity index is 1.69. The fourth-order valence-corrected chi connectivity index (χ4v) is 6.00. The highest BCUT2D eigenvalue weighted by atomic mass is 15.3. The van der Waals surface area contributed by atoms with Crippen molar-refractivity contribution in [3.05, 3.63) is 63.5 Å². The van der Waals surface area contributed by atoms with Gasteiger partial charge in [0.15, 0.2) is 11.6 Å². The first-order chi connectivity index (χ1) is 16.4. The predicted octanol–water partition coefficient (Wildman–Crippen LogP) is 7.29. The number of nitrogens with zero attached hydrogens (tertiary/aromatic N) is 5. The molecule has 5 heteroatoms. The lowest BCUT2D eigenvalue weighted by Gasteiger charge is -2.45. The molecule has 5 rings (SSSR count). The number of aryl methyl sites for hydroxylation is 4. The second-order valence-corrected chi connectivity index (χ2v) is 11.3. The molecule has 0 amide bonds. The van der Waals surface area contributed by atoms with E-state index in [1.165, 1.54) is 33.5 Å². The lowest BCUT2D eigenvalue weighted by atomic mass is 9.80. The molecule has 1 aromatic heterocycles. The van der Waals surface area contributed by atoms with Crippen LogP contribution in [0.3, 0.4) is 0 Å². The molecular weight excluding hydrogens is 430 g/mol. The molecule has 0 bridgehead atoms. The van der Waals surface area contributed by atoms with Crippen molar-refractivity contribution in [3.8, 4) is 11.4 Å². The van der Waals surface area contributed by atoms with Crippen LogP contribution in [0, 0.1) is 27.7 Å². The van der Waals surface area contributed by atoms with Crippen molar-refractivity contribution in [1.82, 2.24) is 14.8 Å². The summed E-state index contributed by atoms with van der Waals surface area (Å²) in [6, 6.07) is 9.06. The number of aromatic nitrogens is 3. The van der Waals surface area contributed by atoms with Gasteiger partial charge in [-0.3, -0.25) is 4.57 Å². The van der Waals surface area contributed by atoms with Crippen molar-refractivity contribution < 1.29 is 0 Å². The average molecular weight is 468 g/mol. The molecule has 1 atom stereocenters. The van der Waals surface area contributed by atoms with Gasteiger partial charge < -0.3 is 4.90 Å². The lowest BCUT2D eigenvalue weighted by Crippen LogP contribution is -2.45. The third-order valence-corrected chi connectivity index (χ3v) is 8.19. The molecule has 35 heavy (non-hydrogen) atoms. The molecule has 0 N–H and O–H groups in total. The van der Waals surface area contributed by atoms with Crippen LogP contribution in [0.4, 0.5) is 11.4 Å². The van der Waals surface area contributed by atoms with Gasteiger partial charge in [-0.05, 0) is 108 Å². The monoisotopic (exact) mass is 467 g/mol. The Morgan fingerprint density at radius 3 is 2.14 bits per heavy atom. The largest absolute Gasteiger partial charge is 0.369 e. The van der Waals surface area contributed by atoms with Crippen molar-refractivity contribution in [2.45, 2.75) is 80.2 Å². The first kappa shape index (κ1) is 23.5. The summed E-state index contributed by atoms with van der Waals surface area (Å²) in [6.07, 6.45) is 1.12. The average Bonchev–Trinajstić information content (AvgIpc) is 3.27. The zero-order valence-electron chi connectivity index (χ0n) is 22.8. The third-order valence-electron chi connectivity index (χ3n) is 8.19. The number of aliphatic imine (C=N–C) groups is 1. The van der Waals surface area contributed by atoms with Crippen LogP contribution in [-0.4, -0.2) is 33.2 Å². The van der Waals surface area contributed by atoms with Crippen molar-refractivity contribution in [1.29, 1.82) is 0 Å². The predicted molar refractivity (Wildman–Crippen MR) is 147 cm³/mol. The van der Waals surface area contributed by atoms with E-state index >= 15 is 0 Å². The van der Waals surface area contributed by atoms with Crippen LogP contribution < -0.4 is 4.90 Å². The minimum Gasteiger partial charge on any atom is -0.369 e. The third kappa shape index (κ3) is 3.55. The van der Waals surface area contributed by atoms with Gasteiger partial charge in [0.1, 0.15) is 5.84 Å². The summed E-state index contributed by atoms with van der Waals surface area (Å²) in [6.45, 7) is 19.9.